The second-order valence-electron chi connectivity index (χ2n) is 5.02. The van der Waals surface area contributed by atoms with Crippen LogP contribution in [0.4, 0.5) is 10.5 Å². The second-order valence-corrected chi connectivity index (χ2v) is 5.42. The molecule has 0 aliphatic rings. The van der Waals surface area contributed by atoms with Gasteiger partial charge in [0.15, 0.2) is 0 Å². The molecule has 0 fully saturated rings. The number of aliphatic hydroxyl groups excluding tert-OH is 1. The summed E-state index contributed by atoms with van der Waals surface area (Å²) in [6.45, 7) is -0.147. The number of rotatable bonds is 6. The van der Waals surface area contributed by atoms with Gasteiger partial charge < -0.3 is 20.5 Å². The van der Waals surface area contributed by atoms with E-state index < -0.39 is 6.03 Å². The highest BCUT2D eigenvalue weighted by Gasteiger charge is 2.12. The number of benzene rings is 2. The summed E-state index contributed by atoms with van der Waals surface area (Å²) in [5.74, 6) is 0.537. The van der Waals surface area contributed by atoms with Crippen LogP contribution in [0.2, 0.25) is 5.02 Å². The van der Waals surface area contributed by atoms with E-state index in [0.29, 0.717) is 22.9 Å². The van der Waals surface area contributed by atoms with Crippen LogP contribution in [-0.2, 0) is 6.42 Å². The maximum absolute atomic E-state index is 12.0. The summed E-state index contributed by atoms with van der Waals surface area (Å²) < 4.78 is 5.06. The highest BCUT2D eigenvalue weighted by Crippen LogP contribution is 2.27. The third-order valence-corrected chi connectivity index (χ3v) is 3.59. The minimum atomic E-state index is -0.402. The van der Waals surface area contributed by atoms with Crippen molar-refractivity contribution in [2.24, 2.45) is 0 Å². The number of nitrogens with one attached hydrogen (secondary N) is 2. The summed E-state index contributed by atoms with van der Waals surface area (Å²) in [4.78, 5) is 12.0. The molecule has 3 N–H and O–H groups in total. The number of carbonyl (C=O) groups excluding carboxylic acids is 1. The first-order valence-corrected chi connectivity index (χ1v) is 7.56. The lowest BCUT2D eigenvalue weighted by Crippen LogP contribution is -2.41. The number of anilines is 1. The monoisotopic (exact) mass is 334 g/mol. The van der Waals surface area contributed by atoms with Gasteiger partial charge in [0.05, 0.1) is 24.8 Å². The van der Waals surface area contributed by atoms with Crippen molar-refractivity contribution in [3.05, 3.63) is 59.1 Å². The zero-order chi connectivity index (χ0) is 16.7. The number of hydrogen-bond acceptors (Lipinski definition) is 3. The number of carbonyl (C=O) groups is 1. The topological polar surface area (TPSA) is 70.6 Å². The Bertz CT molecular complexity index is 650. The number of hydrogen-bond donors (Lipinski definition) is 3. The first kappa shape index (κ1) is 17.1. The van der Waals surface area contributed by atoms with Crippen LogP contribution >= 0.6 is 11.6 Å². The zero-order valence-corrected chi connectivity index (χ0v) is 13.5. The van der Waals surface area contributed by atoms with Crippen LogP contribution in [0.15, 0.2) is 48.5 Å². The van der Waals surface area contributed by atoms with E-state index in [0.717, 1.165) is 5.56 Å². The molecule has 0 saturated heterocycles. The van der Waals surface area contributed by atoms with Gasteiger partial charge >= 0.3 is 6.03 Å². The van der Waals surface area contributed by atoms with E-state index >= 15 is 0 Å². The Morgan fingerprint density at radius 3 is 2.61 bits per heavy atom. The number of amides is 2. The fourth-order valence-corrected chi connectivity index (χ4v) is 2.41. The summed E-state index contributed by atoms with van der Waals surface area (Å²) >= 11 is 6.02. The van der Waals surface area contributed by atoms with Gasteiger partial charge in [0.1, 0.15) is 5.75 Å². The third-order valence-electron chi connectivity index (χ3n) is 3.29. The highest BCUT2D eigenvalue weighted by molar-refractivity contribution is 6.32. The highest BCUT2D eigenvalue weighted by atomic mass is 35.5. The first-order valence-electron chi connectivity index (χ1n) is 7.18. The van der Waals surface area contributed by atoms with Gasteiger partial charge in [0, 0.05) is 5.69 Å². The molecule has 2 aromatic rings. The predicted molar refractivity (Wildman–Crippen MR) is 91.2 cm³/mol. The van der Waals surface area contributed by atoms with Gasteiger partial charge in [-0.25, -0.2) is 4.79 Å². The molecule has 2 amide bonds. The van der Waals surface area contributed by atoms with Crippen LogP contribution in [0.5, 0.6) is 5.75 Å². The quantitative estimate of drug-likeness (QED) is 0.760. The lowest BCUT2D eigenvalue weighted by Gasteiger charge is -2.17. The number of aliphatic hydroxyl groups is 1. The summed E-state index contributed by atoms with van der Waals surface area (Å²) in [6, 6.07) is 13.9. The summed E-state index contributed by atoms with van der Waals surface area (Å²) in [7, 11) is 1.52. The number of methoxy groups -OCH3 is 1. The Hall–Kier alpha value is -2.24. The van der Waals surface area contributed by atoms with E-state index in [1.54, 1.807) is 18.2 Å². The van der Waals surface area contributed by atoms with Gasteiger partial charge in [-0.15, -0.1) is 0 Å². The molecule has 1 atom stereocenters. The molecular weight excluding hydrogens is 316 g/mol. The Morgan fingerprint density at radius 1 is 1.26 bits per heavy atom. The van der Waals surface area contributed by atoms with Gasteiger partial charge in [0.2, 0.25) is 0 Å². The van der Waals surface area contributed by atoms with E-state index in [2.05, 4.69) is 10.6 Å². The van der Waals surface area contributed by atoms with Crippen LogP contribution in [0.25, 0.3) is 0 Å². The minimum absolute atomic E-state index is 0.147. The van der Waals surface area contributed by atoms with Crippen molar-refractivity contribution in [2.75, 3.05) is 19.0 Å². The molecule has 2 aromatic carbocycles. The molecule has 0 aliphatic carbocycles. The third kappa shape index (κ3) is 5.16. The lowest BCUT2D eigenvalue weighted by atomic mass is 10.1. The summed E-state index contributed by atoms with van der Waals surface area (Å²) in [5, 5.41) is 15.3. The molecule has 6 heteroatoms. The van der Waals surface area contributed by atoms with Gasteiger partial charge in [-0.1, -0.05) is 41.9 Å². The van der Waals surface area contributed by atoms with Crippen molar-refractivity contribution in [2.45, 2.75) is 12.5 Å². The van der Waals surface area contributed by atoms with Crippen molar-refractivity contribution < 1.29 is 14.6 Å². The second kappa shape index (κ2) is 8.41. The zero-order valence-electron chi connectivity index (χ0n) is 12.8. The lowest BCUT2D eigenvalue weighted by molar-refractivity contribution is 0.224. The molecule has 0 heterocycles. The molecule has 5 nitrogen and oxygen atoms in total. The maximum Gasteiger partial charge on any atom is 0.319 e. The molecule has 122 valence electrons. The normalized spacial score (nSPS) is 11.6. The SMILES string of the molecule is COc1ccc(NC(=O)NC(CO)Cc2ccccc2)cc1Cl. The Balaban J connectivity index is 1.93. The van der Waals surface area contributed by atoms with Crippen LogP contribution in [0, 0.1) is 0 Å². The molecule has 0 aromatic heterocycles. The molecule has 1 unspecified atom stereocenters. The molecule has 0 spiro atoms. The van der Waals surface area contributed by atoms with Crippen LogP contribution < -0.4 is 15.4 Å². The molecule has 2 rings (SSSR count). The van der Waals surface area contributed by atoms with Crippen LogP contribution in [0.1, 0.15) is 5.56 Å². The van der Waals surface area contributed by atoms with Crippen molar-refractivity contribution in [1.82, 2.24) is 5.32 Å². The fourth-order valence-electron chi connectivity index (χ4n) is 2.16. The summed E-state index contributed by atoms with van der Waals surface area (Å²) in [6.07, 6.45) is 0.550. The van der Waals surface area contributed by atoms with Gasteiger partial charge in [-0.2, -0.15) is 0 Å². The van der Waals surface area contributed by atoms with E-state index in [1.165, 1.54) is 7.11 Å². The molecule has 0 radical (unpaired) electrons. The standard InChI is InChI=1S/C17H19ClN2O3/c1-23-16-8-7-13(10-15(16)18)19-17(22)20-14(11-21)9-12-5-3-2-4-6-12/h2-8,10,14,21H,9,11H2,1H3,(H2,19,20,22). The number of halogens is 1. The maximum atomic E-state index is 12.0. The average molecular weight is 335 g/mol. The first-order chi connectivity index (χ1) is 11.1. The Kier molecular flexibility index (Phi) is 6.26. The van der Waals surface area contributed by atoms with Crippen molar-refractivity contribution >= 4 is 23.3 Å². The average Bonchev–Trinajstić information content (AvgIpc) is 2.55. The predicted octanol–water partition coefficient (Wildman–Crippen LogP) is 3.07. The molecule has 23 heavy (non-hydrogen) atoms. The van der Waals surface area contributed by atoms with Gasteiger partial charge in [-0.05, 0) is 30.2 Å². The van der Waals surface area contributed by atoms with Crippen LogP contribution in [-0.4, -0.2) is 30.9 Å². The van der Waals surface area contributed by atoms with Gasteiger partial charge in [0.25, 0.3) is 0 Å². The van der Waals surface area contributed by atoms with E-state index in [-0.39, 0.29) is 12.6 Å². The van der Waals surface area contributed by atoms with Crippen LogP contribution in [0.3, 0.4) is 0 Å². The van der Waals surface area contributed by atoms with E-state index in [4.69, 9.17) is 16.3 Å². The minimum Gasteiger partial charge on any atom is -0.495 e. The Morgan fingerprint density at radius 2 is 2.00 bits per heavy atom. The molecule has 0 saturated carbocycles. The molecule has 0 aliphatic heterocycles. The van der Waals surface area contributed by atoms with E-state index in [9.17, 15) is 9.90 Å². The number of urea groups is 1. The molecule has 0 bridgehead atoms. The largest absolute Gasteiger partial charge is 0.495 e. The van der Waals surface area contributed by atoms with E-state index in [1.807, 2.05) is 30.3 Å². The Labute approximate surface area is 140 Å². The van der Waals surface area contributed by atoms with Gasteiger partial charge in [-0.3, -0.25) is 0 Å². The van der Waals surface area contributed by atoms with Crippen molar-refractivity contribution in [3.63, 3.8) is 0 Å². The van der Waals surface area contributed by atoms with Crippen molar-refractivity contribution in [3.8, 4) is 5.75 Å². The number of ether oxygens (including phenoxy) is 1. The molecular formula is C17H19ClN2O3. The van der Waals surface area contributed by atoms with Crippen molar-refractivity contribution in [1.29, 1.82) is 0 Å². The smallest absolute Gasteiger partial charge is 0.319 e. The summed E-state index contributed by atoms with van der Waals surface area (Å²) in [5.41, 5.74) is 1.59. The fraction of sp³-hybridized carbons (Fsp3) is 0.235.